The van der Waals surface area contributed by atoms with Crippen LogP contribution in [0, 0.1) is 13.8 Å². The molecule has 27 heavy (non-hydrogen) atoms. The van der Waals surface area contributed by atoms with E-state index in [9.17, 15) is 4.79 Å². The van der Waals surface area contributed by atoms with E-state index in [4.69, 9.17) is 20.8 Å². The van der Waals surface area contributed by atoms with Crippen LogP contribution < -0.4 is 4.74 Å². The van der Waals surface area contributed by atoms with Crippen molar-refractivity contribution in [3.63, 3.8) is 0 Å². The molecule has 3 rings (SSSR count). The number of carbonyl (C=O) groups is 1. The second-order valence-electron chi connectivity index (χ2n) is 6.57. The molecule has 0 N–H and O–H groups in total. The molecule has 0 atom stereocenters. The fourth-order valence-corrected chi connectivity index (χ4v) is 3.01. The summed E-state index contributed by atoms with van der Waals surface area (Å²) in [4.78, 5) is 14.5. The molecule has 5 heteroatoms. The predicted molar refractivity (Wildman–Crippen MR) is 106 cm³/mol. The molecule has 1 heterocycles. The molecular formula is C22H22ClNO3. The molecule has 0 aliphatic rings. The molecule has 4 nitrogen and oxygen atoms in total. The second-order valence-corrected chi connectivity index (χ2v) is 7.00. The van der Waals surface area contributed by atoms with Gasteiger partial charge in [-0.2, -0.15) is 0 Å². The smallest absolute Gasteiger partial charge is 0.261 e. The summed E-state index contributed by atoms with van der Waals surface area (Å²) in [7, 11) is 0. The third-order valence-corrected chi connectivity index (χ3v) is 4.38. The van der Waals surface area contributed by atoms with Crippen LogP contribution in [0.2, 0.25) is 5.02 Å². The van der Waals surface area contributed by atoms with Gasteiger partial charge < -0.3 is 14.1 Å². The molecule has 3 aromatic rings. The maximum absolute atomic E-state index is 12.8. The summed E-state index contributed by atoms with van der Waals surface area (Å²) >= 11 is 5.95. The van der Waals surface area contributed by atoms with E-state index >= 15 is 0 Å². The molecule has 1 amide bonds. The molecular weight excluding hydrogens is 362 g/mol. The standard InChI is InChI=1S/C22H22ClNO3/c1-16-10-17(2)12-21(11-16)27-15-22(25)24(14-20-4-3-9-26-20)13-18-5-7-19(23)8-6-18/h3-12H,13-15H2,1-2H3. The Kier molecular flexibility index (Phi) is 6.20. The van der Waals surface area contributed by atoms with Crippen LogP contribution in [0.5, 0.6) is 5.75 Å². The summed E-state index contributed by atoms with van der Waals surface area (Å²) in [6.07, 6.45) is 1.60. The largest absolute Gasteiger partial charge is 0.484 e. The first kappa shape index (κ1) is 19.1. The van der Waals surface area contributed by atoms with Crippen molar-refractivity contribution in [3.05, 3.63) is 88.3 Å². The maximum atomic E-state index is 12.8. The highest BCUT2D eigenvalue weighted by Crippen LogP contribution is 2.18. The van der Waals surface area contributed by atoms with Crippen LogP contribution >= 0.6 is 11.6 Å². The van der Waals surface area contributed by atoms with Gasteiger partial charge in [-0.3, -0.25) is 4.79 Å². The zero-order valence-electron chi connectivity index (χ0n) is 15.4. The molecule has 0 aliphatic heterocycles. The summed E-state index contributed by atoms with van der Waals surface area (Å²) in [5.74, 6) is 1.31. The molecule has 0 fully saturated rings. The lowest BCUT2D eigenvalue weighted by Gasteiger charge is -2.22. The van der Waals surface area contributed by atoms with Gasteiger partial charge in [-0.15, -0.1) is 0 Å². The number of rotatable bonds is 7. The Morgan fingerprint density at radius 2 is 1.74 bits per heavy atom. The van der Waals surface area contributed by atoms with E-state index in [2.05, 4.69) is 6.07 Å². The average Bonchev–Trinajstić information content (AvgIpc) is 3.13. The molecule has 0 bridgehead atoms. The van der Waals surface area contributed by atoms with Crippen molar-refractivity contribution in [1.82, 2.24) is 4.90 Å². The molecule has 0 spiro atoms. The number of ether oxygens (including phenoxy) is 1. The first-order valence-electron chi connectivity index (χ1n) is 8.75. The summed E-state index contributed by atoms with van der Waals surface area (Å²) in [5, 5.41) is 0.667. The van der Waals surface area contributed by atoms with Crippen LogP contribution in [0.3, 0.4) is 0 Å². The topological polar surface area (TPSA) is 42.7 Å². The van der Waals surface area contributed by atoms with E-state index in [-0.39, 0.29) is 12.5 Å². The highest BCUT2D eigenvalue weighted by atomic mass is 35.5. The van der Waals surface area contributed by atoms with Gasteiger partial charge in [0.2, 0.25) is 0 Å². The molecule has 0 saturated heterocycles. The quantitative estimate of drug-likeness (QED) is 0.566. The van der Waals surface area contributed by atoms with Crippen molar-refractivity contribution >= 4 is 17.5 Å². The zero-order chi connectivity index (χ0) is 19.2. The van der Waals surface area contributed by atoms with Crippen molar-refractivity contribution in [2.24, 2.45) is 0 Å². The van der Waals surface area contributed by atoms with E-state index in [0.29, 0.717) is 23.9 Å². The number of hydrogen-bond donors (Lipinski definition) is 0. The predicted octanol–water partition coefficient (Wildman–Crippen LogP) is 5.16. The Morgan fingerprint density at radius 3 is 2.37 bits per heavy atom. The number of hydrogen-bond acceptors (Lipinski definition) is 3. The first-order valence-corrected chi connectivity index (χ1v) is 9.13. The minimum Gasteiger partial charge on any atom is -0.484 e. The number of amides is 1. The number of benzene rings is 2. The Morgan fingerprint density at radius 1 is 1.04 bits per heavy atom. The molecule has 2 aromatic carbocycles. The van der Waals surface area contributed by atoms with Crippen molar-refractivity contribution in [3.8, 4) is 5.75 Å². The van der Waals surface area contributed by atoms with Gasteiger partial charge in [-0.25, -0.2) is 0 Å². The van der Waals surface area contributed by atoms with Crippen molar-refractivity contribution < 1.29 is 13.9 Å². The van der Waals surface area contributed by atoms with Gasteiger partial charge in [0.25, 0.3) is 5.91 Å². The highest BCUT2D eigenvalue weighted by molar-refractivity contribution is 6.30. The third-order valence-electron chi connectivity index (χ3n) is 4.12. The SMILES string of the molecule is Cc1cc(C)cc(OCC(=O)N(Cc2ccc(Cl)cc2)Cc2ccco2)c1. The number of carbonyl (C=O) groups excluding carboxylic acids is 1. The minimum absolute atomic E-state index is 0.0306. The zero-order valence-corrected chi connectivity index (χ0v) is 16.2. The van der Waals surface area contributed by atoms with Crippen LogP contribution in [0.4, 0.5) is 0 Å². The molecule has 0 radical (unpaired) electrons. The molecule has 0 unspecified atom stereocenters. The van der Waals surface area contributed by atoms with Gasteiger partial charge in [0.15, 0.2) is 6.61 Å². The first-order chi connectivity index (χ1) is 13.0. The van der Waals surface area contributed by atoms with Gasteiger partial charge in [0.05, 0.1) is 12.8 Å². The van der Waals surface area contributed by atoms with Crippen LogP contribution in [0.1, 0.15) is 22.5 Å². The Hall–Kier alpha value is -2.72. The minimum atomic E-state index is -0.111. The number of nitrogens with zero attached hydrogens (tertiary/aromatic N) is 1. The number of aryl methyl sites for hydroxylation is 2. The van der Waals surface area contributed by atoms with E-state index < -0.39 is 0 Å². The van der Waals surface area contributed by atoms with Crippen molar-refractivity contribution in [2.45, 2.75) is 26.9 Å². The number of furan rings is 1. The van der Waals surface area contributed by atoms with Crippen LogP contribution in [0.15, 0.2) is 65.3 Å². The summed E-state index contributed by atoms with van der Waals surface area (Å²) in [6, 6.07) is 17.0. The summed E-state index contributed by atoms with van der Waals surface area (Å²) in [5.41, 5.74) is 3.20. The lowest BCUT2D eigenvalue weighted by molar-refractivity contribution is -0.134. The second kappa shape index (κ2) is 8.78. The van der Waals surface area contributed by atoms with Crippen molar-refractivity contribution in [2.75, 3.05) is 6.61 Å². The van der Waals surface area contributed by atoms with Crippen molar-refractivity contribution in [1.29, 1.82) is 0 Å². The van der Waals surface area contributed by atoms with Gasteiger partial charge in [-0.1, -0.05) is 29.8 Å². The van der Waals surface area contributed by atoms with E-state index in [1.54, 1.807) is 11.2 Å². The van der Waals surface area contributed by atoms with Gasteiger partial charge >= 0.3 is 0 Å². The van der Waals surface area contributed by atoms with E-state index in [1.807, 2.05) is 62.4 Å². The normalized spacial score (nSPS) is 10.6. The lowest BCUT2D eigenvalue weighted by Crippen LogP contribution is -2.34. The van der Waals surface area contributed by atoms with Gasteiger partial charge in [0, 0.05) is 11.6 Å². The molecule has 140 valence electrons. The Bertz CT molecular complexity index is 868. The summed E-state index contributed by atoms with van der Waals surface area (Å²) < 4.78 is 11.2. The van der Waals surface area contributed by atoms with E-state index in [0.717, 1.165) is 22.5 Å². The summed E-state index contributed by atoms with van der Waals surface area (Å²) in [6.45, 7) is 4.81. The van der Waals surface area contributed by atoms with Gasteiger partial charge in [0.1, 0.15) is 11.5 Å². The molecule has 0 saturated carbocycles. The molecule has 1 aromatic heterocycles. The fourth-order valence-electron chi connectivity index (χ4n) is 2.89. The Labute approximate surface area is 164 Å². The van der Waals surface area contributed by atoms with Gasteiger partial charge in [-0.05, 0) is 66.9 Å². The van der Waals surface area contributed by atoms with Crippen LogP contribution in [0.25, 0.3) is 0 Å². The fraction of sp³-hybridized carbons (Fsp3) is 0.227. The maximum Gasteiger partial charge on any atom is 0.261 e. The Balaban J connectivity index is 1.70. The monoisotopic (exact) mass is 383 g/mol. The lowest BCUT2D eigenvalue weighted by atomic mass is 10.1. The van der Waals surface area contributed by atoms with Crippen LogP contribution in [-0.2, 0) is 17.9 Å². The molecule has 0 aliphatic carbocycles. The average molecular weight is 384 g/mol. The number of halogens is 1. The third kappa shape index (κ3) is 5.63. The highest BCUT2D eigenvalue weighted by Gasteiger charge is 2.17. The van der Waals surface area contributed by atoms with E-state index in [1.165, 1.54) is 0 Å². The van der Waals surface area contributed by atoms with Crippen LogP contribution in [-0.4, -0.2) is 17.4 Å².